The second-order valence-corrected chi connectivity index (χ2v) is 5.32. The molecule has 2 aliphatic rings. The Labute approximate surface area is 103 Å². The van der Waals surface area contributed by atoms with Crippen LogP contribution in [0.4, 0.5) is 5.69 Å². The van der Waals surface area contributed by atoms with E-state index < -0.39 is 0 Å². The Hall–Kier alpha value is -1.09. The first-order valence-corrected chi connectivity index (χ1v) is 6.79. The van der Waals surface area contributed by atoms with Gasteiger partial charge >= 0.3 is 0 Å². The topological polar surface area (TPSA) is 28.2 Å². The molecule has 0 saturated carbocycles. The lowest BCUT2D eigenvalue weighted by Gasteiger charge is -2.51. The molecule has 0 radical (unpaired) electrons. The van der Waals surface area contributed by atoms with Crippen LogP contribution in [0, 0.1) is 0 Å². The summed E-state index contributed by atoms with van der Waals surface area (Å²) in [6.45, 7) is 3.53. The molecule has 1 N–H and O–H groups in total. The van der Waals surface area contributed by atoms with Gasteiger partial charge in [-0.05, 0) is 50.8 Å². The highest BCUT2D eigenvalue weighted by Gasteiger charge is 2.39. The second kappa shape index (κ2) is 4.65. The summed E-state index contributed by atoms with van der Waals surface area (Å²) >= 11 is 0. The molecule has 0 aromatic carbocycles. The molecule has 3 nitrogen and oxygen atoms in total. The van der Waals surface area contributed by atoms with Crippen LogP contribution in [-0.4, -0.2) is 30.2 Å². The van der Waals surface area contributed by atoms with Crippen LogP contribution < -0.4 is 10.2 Å². The molecule has 1 atom stereocenters. The minimum absolute atomic E-state index is 0.373. The predicted octanol–water partition coefficient (Wildman–Crippen LogP) is 2.19. The highest BCUT2D eigenvalue weighted by atomic mass is 15.2. The van der Waals surface area contributed by atoms with Crippen molar-refractivity contribution in [3.63, 3.8) is 0 Å². The maximum absolute atomic E-state index is 4.13. The first kappa shape index (κ1) is 11.0. The molecule has 17 heavy (non-hydrogen) atoms. The third-order valence-electron chi connectivity index (χ3n) is 4.27. The Balaban J connectivity index is 1.89. The van der Waals surface area contributed by atoms with Crippen LogP contribution in [0.1, 0.15) is 32.1 Å². The Bertz CT molecular complexity index is 349. The number of hydrogen-bond donors (Lipinski definition) is 1. The van der Waals surface area contributed by atoms with Gasteiger partial charge in [0.05, 0.1) is 5.54 Å². The Kier molecular flexibility index (Phi) is 3.02. The lowest BCUT2D eigenvalue weighted by molar-refractivity contribution is 0.242. The number of hydrogen-bond acceptors (Lipinski definition) is 3. The lowest BCUT2D eigenvalue weighted by Crippen LogP contribution is -2.60. The zero-order valence-electron chi connectivity index (χ0n) is 10.4. The summed E-state index contributed by atoms with van der Waals surface area (Å²) in [5.41, 5.74) is 1.72. The van der Waals surface area contributed by atoms with Crippen molar-refractivity contribution in [3.05, 3.63) is 24.5 Å². The van der Waals surface area contributed by atoms with Crippen LogP contribution in [0.15, 0.2) is 24.5 Å². The van der Waals surface area contributed by atoms with Gasteiger partial charge in [0.1, 0.15) is 0 Å². The van der Waals surface area contributed by atoms with E-state index in [1.807, 2.05) is 12.4 Å². The summed E-state index contributed by atoms with van der Waals surface area (Å²) in [4.78, 5) is 6.76. The molecule has 2 aliphatic heterocycles. The standard InChI is InChI=1S/C14H21N3/c1-2-11-17(13-4-9-15-10-5-13)14(6-1)7-3-8-16-12-14/h4-5,9-10,16H,1-3,6-8,11-12H2. The smallest absolute Gasteiger partial charge is 0.0526 e. The van der Waals surface area contributed by atoms with E-state index in [9.17, 15) is 0 Å². The Morgan fingerprint density at radius 3 is 2.71 bits per heavy atom. The molecule has 0 amide bonds. The molecule has 92 valence electrons. The zero-order chi connectivity index (χ0) is 11.6. The van der Waals surface area contributed by atoms with Gasteiger partial charge in [0.25, 0.3) is 0 Å². The molecule has 2 fully saturated rings. The van der Waals surface area contributed by atoms with E-state index in [0.29, 0.717) is 5.54 Å². The molecule has 2 saturated heterocycles. The normalized spacial score (nSPS) is 29.5. The molecule has 0 bridgehead atoms. The highest BCUT2D eigenvalue weighted by molar-refractivity contribution is 5.48. The molecule has 0 aliphatic carbocycles. The number of piperidine rings is 2. The van der Waals surface area contributed by atoms with Gasteiger partial charge in [0.15, 0.2) is 0 Å². The van der Waals surface area contributed by atoms with E-state index in [1.54, 1.807) is 0 Å². The monoisotopic (exact) mass is 231 g/mol. The number of pyridine rings is 1. The van der Waals surface area contributed by atoms with Crippen LogP contribution in [0.25, 0.3) is 0 Å². The quantitative estimate of drug-likeness (QED) is 0.803. The largest absolute Gasteiger partial charge is 0.364 e. The van der Waals surface area contributed by atoms with Crippen LogP contribution in [-0.2, 0) is 0 Å². The molecular weight excluding hydrogens is 210 g/mol. The number of rotatable bonds is 1. The van der Waals surface area contributed by atoms with E-state index in [0.717, 1.165) is 6.54 Å². The average Bonchev–Trinajstić information content (AvgIpc) is 2.41. The third-order valence-corrected chi connectivity index (χ3v) is 4.27. The van der Waals surface area contributed by atoms with Gasteiger partial charge < -0.3 is 10.2 Å². The van der Waals surface area contributed by atoms with Crippen molar-refractivity contribution in [2.75, 3.05) is 24.5 Å². The fourth-order valence-electron chi connectivity index (χ4n) is 3.42. The highest BCUT2D eigenvalue weighted by Crippen LogP contribution is 2.36. The van der Waals surface area contributed by atoms with Crippen molar-refractivity contribution in [1.29, 1.82) is 0 Å². The lowest BCUT2D eigenvalue weighted by atomic mass is 9.80. The second-order valence-electron chi connectivity index (χ2n) is 5.32. The van der Waals surface area contributed by atoms with Crippen LogP contribution in [0.2, 0.25) is 0 Å². The Morgan fingerprint density at radius 2 is 1.94 bits per heavy atom. The van der Waals surface area contributed by atoms with E-state index >= 15 is 0 Å². The number of nitrogens with one attached hydrogen (secondary N) is 1. The van der Waals surface area contributed by atoms with Gasteiger partial charge in [-0.1, -0.05) is 0 Å². The molecular formula is C14H21N3. The van der Waals surface area contributed by atoms with Gasteiger partial charge in [-0.2, -0.15) is 0 Å². The summed E-state index contributed by atoms with van der Waals surface area (Å²) < 4.78 is 0. The molecule has 3 heteroatoms. The molecule has 1 unspecified atom stereocenters. The third kappa shape index (κ3) is 2.04. The average molecular weight is 231 g/mol. The van der Waals surface area contributed by atoms with Crippen LogP contribution in [0.5, 0.6) is 0 Å². The number of nitrogens with zero attached hydrogens (tertiary/aromatic N) is 2. The SMILES string of the molecule is c1cc(N2CCCCC23CCCNC3)ccn1. The van der Waals surface area contributed by atoms with Crippen LogP contribution >= 0.6 is 0 Å². The molecule has 3 rings (SSSR count). The maximum atomic E-state index is 4.13. The fourth-order valence-corrected chi connectivity index (χ4v) is 3.42. The van der Waals surface area contributed by atoms with Gasteiger partial charge in [-0.3, -0.25) is 4.98 Å². The van der Waals surface area contributed by atoms with Crippen molar-refractivity contribution < 1.29 is 0 Å². The number of aromatic nitrogens is 1. The summed E-state index contributed by atoms with van der Waals surface area (Å²) in [5.74, 6) is 0. The Morgan fingerprint density at radius 1 is 1.12 bits per heavy atom. The maximum Gasteiger partial charge on any atom is 0.0526 e. The van der Waals surface area contributed by atoms with Crippen molar-refractivity contribution in [2.45, 2.75) is 37.6 Å². The van der Waals surface area contributed by atoms with Gasteiger partial charge in [0, 0.05) is 31.2 Å². The van der Waals surface area contributed by atoms with Crippen molar-refractivity contribution >= 4 is 5.69 Å². The van der Waals surface area contributed by atoms with E-state index in [1.165, 1.54) is 50.9 Å². The molecule has 1 aromatic rings. The summed E-state index contributed by atoms with van der Waals surface area (Å²) in [6, 6.07) is 4.31. The predicted molar refractivity (Wildman–Crippen MR) is 70.3 cm³/mol. The van der Waals surface area contributed by atoms with E-state index in [-0.39, 0.29) is 0 Å². The zero-order valence-corrected chi connectivity index (χ0v) is 10.4. The molecule has 3 heterocycles. The summed E-state index contributed by atoms with van der Waals surface area (Å²) in [5, 5.41) is 3.59. The van der Waals surface area contributed by atoms with Gasteiger partial charge in [0.2, 0.25) is 0 Å². The van der Waals surface area contributed by atoms with Crippen molar-refractivity contribution in [2.24, 2.45) is 0 Å². The summed E-state index contributed by atoms with van der Waals surface area (Å²) in [7, 11) is 0. The van der Waals surface area contributed by atoms with Crippen LogP contribution in [0.3, 0.4) is 0 Å². The van der Waals surface area contributed by atoms with Gasteiger partial charge in [-0.25, -0.2) is 0 Å². The first-order chi connectivity index (χ1) is 8.41. The molecule has 1 spiro atoms. The minimum Gasteiger partial charge on any atom is -0.364 e. The fraction of sp³-hybridized carbons (Fsp3) is 0.643. The van der Waals surface area contributed by atoms with E-state index in [4.69, 9.17) is 0 Å². The van der Waals surface area contributed by atoms with Crippen molar-refractivity contribution in [1.82, 2.24) is 10.3 Å². The van der Waals surface area contributed by atoms with Crippen molar-refractivity contribution in [3.8, 4) is 0 Å². The minimum atomic E-state index is 0.373. The first-order valence-electron chi connectivity index (χ1n) is 6.79. The van der Waals surface area contributed by atoms with Gasteiger partial charge in [-0.15, -0.1) is 0 Å². The number of anilines is 1. The molecule has 1 aromatic heterocycles. The summed E-state index contributed by atoms with van der Waals surface area (Å²) in [6.07, 6.45) is 10.5. The van der Waals surface area contributed by atoms with E-state index in [2.05, 4.69) is 27.3 Å².